The summed E-state index contributed by atoms with van der Waals surface area (Å²) < 4.78 is 10.2. The molecule has 0 aliphatic rings. The van der Waals surface area contributed by atoms with Gasteiger partial charge in [0, 0.05) is 12.5 Å². The molecule has 0 aliphatic carbocycles. The van der Waals surface area contributed by atoms with Gasteiger partial charge in [-0.25, -0.2) is 0 Å². The molecule has 0 spiro atoms. The molecule has 7 nitrogen and oxygen atoms in total. The first-order valence-corrected chi connectivity index (χ1v) is 6.46. The van der Waals surface area contributed by atoms with Crippen LogP contribution in [0.1, 0.15) is 12.8 Å². The van der Waals surface area contributed by atoms with Crippen molar-refractivity contribution in [1.29, 1.82) is 0 Å². The summed E-state index contributed by atoms with van der Waals surface area (Å²) in [6.07, 6.45) is -0.150. The maximum Gasteiger partial charge on any atom is 0.303 e. The van der Waals surface area contributed by atoms with Crippen LogP contribution in [0.2, 0.25) is 5.02 Å². The highest BCUT2D eigenvalue weighted by Gasteiger charge is 2.18. The number of rotatable bonds is 7. The fraction of sp³-hybridized carbons (Fsp3) is 0.385. The Morgan fingerprint density at radius 2 is 1.95 bits per heavy atom. The van der Waals surface area contributed by atoms with Crippen molar-refractivity contribution in [1.82, 2.24) is 0 Å². The fourth-order valence-corrected chi connectivity index (χ4v) is 1.83. The van der Waals surface area contributed by atoms with E-state index in [0.29, 0.717) is 22.2 Å². The third kappa shape index (κ3) is 4.80. The Kier molecular flexibility index (Phi) is 6.26. The third-order valence-corrected chi connectivity index (χ3v) is 3.03. The molecule has 1 aromatic rings. The number of benzene rings is 1. The molecule has 8 heteroatoms. The zero-order valence-corrected chi connectivity index (χ0v) is 12.4. The van der Waals surface area contributed by atoms with E-state index in [-0.39, 0.29) is 12.8 Å². The van der Waals surface area contributed by atoms with E-state index in [4.69, 9.17) is 31.9 Å². The van der Waals surface area contributed by atoms with E-state index in [1.54, 1.807) is 0 Å². The lowest BCUT2D eigenvalue weighted by molar-refractivity contribution is -0.137. The van der Waals surface area contributed by atoms with Crippen molar-refractivity contribution in [2.45, 2.75) is 18.9 Å². The minimum absolute atomic E-state index is 0.0351. The fourth-order valence-electron chi connectivity index (χ4n) is 1.59. The number of carboxylic acid groups (broad SMARTS) is 1. The smallest absolute Gasteiger partial charge is 0.303 e. The average Bonchev–Trinajstić information content (AvgIpc) is 2.44. The Balaban J connectivity index is 2.84. The first kappa shape index (κ1) is 17.1. The van der Waals surface area contributed by atoms with Gasteiger partial charge < -0.3 is 25.6 Å². The van der Waals surface area contributed by atoms with E-state index >= 15 is 0 Å². The summed E-state index contributed by atoms with van der Waals surface area (Å²) in [7, 11) is 2.89. The summed E-state index contributed by atoms with van der Waals surface area (Å²) in [6.45, 7) is 0. The van der Waals surface area contributed by atoms with Crippen molar-refractivity contribution < 1.29 is 24.2 Å². The number of carbonyl (C=O) groups excluding carboxylic acids is 1. The van der Waals surface area contributed by atoms with Crippen LogP contribution < -0.4 is 20.5 Å². The number of methoxy groups -OCH3 is 2. The molecule has 21 heavy (non-hydrogen) atoms. The van der Waals surface area contributed by atoms with Gasteiger partial charge >= 0.3 is 5.97 Å². The molecule has 4 N–H and O–H groups in total. The molecule has 1 unspecified atom stereocenters. The highest BCUT2D eigenvalue weighted by atomic mass is 35.5. The number of nitrogens with one attached hydrogen (secondary N) is 1. The summed E-state index contributed by atoms with van der Waals surface area (Å²) in [5.41, 5.74) is 5.96. The van der Waals surface area contributed by atoms with Gasteiger partial charge in [-0.15, -0.1) is 0 Å². The van der Waals surface area contributed by atoms with Crippen molar-refractivity contribution >= 4 is 29.2 Å². The molecular weight excluding hydrogens is 300 g/mol. The van der Waals surface area contributed by atoms with E-state index < -0.39 is 17.9 Å². The van der Waals surface area contributed by atoms with Gasteiger partial charge in [0.05, 0.1) is 31.0 Å². The van der Waals surface area contributed by atoms with Gasteiger partial charge in [-0.1, -0.05) is 11.6 Å². The van der Waals surface area contributed by atoms with Crippen molar-refractivity contribution in [2.75, 3.05) is 19.5 Å². The highest BCUT2D eigenvalue weighted by molar-refractivity contribution is 6.32. The van der Waals surface area contributed by atoms with Crippen LogP contribution in [-0.2, 0) is 9.59 Å². The molecule has 0 aromatic heterocycles. The molecule has 1 amide bonds. The van der Waals surface area contributed by atoms with Crippen LogP contribution in [0.15, 0.2) is 12.1 Å². The number of carbonyl (C=O) groups is 2. The molecule has 0 saturated carbocycles. The van der Waals surface area contributed by atoms with E-state index in [2.05, 4.69) is 5.32 Å². The van der Waals surface area contributed by atoms with Crippen LogP contribution in [0.25, 0.3) is 0 Å². The number of amides is 1. The second-order valence-corrected chi connectivity index (χ2v) is 4.62. The van der Waals surface area contributed by atoms with Gasteiger partial charge in [0.25, 0.3) is 0 Å². The van der Waals surface area contributed by atoms with E-state index in [1.165, 1.54) is 26.4 Å². The number of carboxylic acids is 1. The summed E-state index contributed by atoms with van der Waals surface area (Å²) in [5.74, 6) is -0.768. The second kappa shape index (κ2) is 7.70. The number of ether oxygens (including phenoxy) is 2. The predicted octanol–water partition coefficient (Wildman–Crippen LogP) is 1.49. The topological polar surface area (TPSA) is 111 Å². The number of anilines is 1. The van der Waals surface area contributed by atoms with Crippen molar-refractivity contribution in [3.63, 3.8) is 0 Å². The third-order valence-electron chi connectivity index (χ3n) is 2.74. The van der Waals surface area contributed by atoms with E-state index in [9.17, 15) is 9.59 Å². The lowest BCUT2D eigenvalue weighted by atomic mass is 10.1. The number of aliphatic carboxylic acids is 1. The Morgan fingerprint density at radius 1 is 1.33 bits per heavy atom. The lowest BCUT2D eigenvalue weighted by Gasteiger charge is -2.15. The number of nitrogens with two attached hydrogens (primary N) is 1. The maximum absolute atomic E-state index is 11.9. The quantitative estimate of drug-likeness (QED) is 0.702. The Morgan fingerprint density at radius 3 is 2.48 bits per heavy atom. The summed E-state index contributed by atoms with van der Waals surface area (Å²) >= 11 is 5.98. The maximum atomic E-state index is 11.9. The van der Waals surface area contributed by atoms with Gasteiger partial charge in [0.2, 0.25) is 5.91 Å². The van der Waals surface area contributed by atoms with Gasteiger partial charge in [0.15, 0.2) is 0 Å². The summed E-state index contributed by atoms with van der Waals surface area (Å²) in [4.78, 5) is 22.4. The van der Waals surface area contributed by atoms with Crippen LogP contribution in [0, 0.1) is 0 Å². The van der Waals surface area contributed by atoms with Crippen LogP contribution >= 0.6 is 11.6 Å². The zero-order chi connectivity index (χ0) is 16.0. The SMILES string of the molecule is COc1cc(OC)c(NC(=O)C(N)CCC(=O)O)cc1Cl. The first-order valence-electron chi connectivity index (χ1n) is 6.08. The van der Waals surface area contributed by atoms with Gasteiger partial charge in [0.1, 0.15) is 11.5 Å². The summed E-state index contributed by atoms with van der Waals surface area (Å²) in [5, 5.41) is 11.4. The molecule has 0 bridgehead atoms. The number of halogens is 1. The minimum atomic E-state index is -1.01. The van der Waals surface area contributed by atoms with E-state index in [0.717, 1.165) is 0 Å². The predicted molar refractivity (Wildman–Crippen MR) is 78.0 cm³/mol. The van der Waals surface area contributed by atoms with Crippen LogP contribution in [-0.4, -0.2) is 37.2 Å². The molecular formula is C13H17ClN2O5. The Bertz CT molecular complexity index is 536. The van der Waals surface area contributed by atoms with Crippen molar-refractivity contribution in [3.05, 3.63) is 17.2 Å². The lowest BCUT2D eigenvalue weighted by Crippen LogP contribution is -2.36. The molecule has 0 aliphatic heterocycles. The first-order chi connectivity index (χ1) is 9.88. The Hall–Kier alpha value is -1.99. The van der Waals surface area contributed by atoms with Crippen LogP contribution in [0.4, 0.5) is 5.69 Å². The molecule has 116 valence electrons. The van der Waals surface area contributed by atoms with Crippen LogP contribution in [0.5, 0.6) is 11.5 Å². The molecule has 0 fully saturated rings. The minimum Gasteiger partial charge on any atom is -0.495 e. The van der Waals surface area contributed by atoms with Crippen LogP contribution in [0.3, 0.4) is 0 Å². The van der Waals surface area contributed by atoms with Crippen molar-refractivity contribution in [3.8, 4) is 11.5 Å². The van der Waals surface area contributed by atoms with Gasteiger partial charge in [-0.05, 0) is 12.5 Å². The monoisotopic (exact) mass is 316 g/mol. The standard InChI is InChI=1S/C13H17ClN2O5/c1-20-10-6-11(21-2)9(5-7(10)14)16-13(19)8(15)3-4-12(17)18/h5-6,8H,3-4,15H2,1-2H3,(H,16,19)(H,17,18). The van der Waals surface area contributed by atoms with Crippen molar-refractivity contribution in [2.24, 2.45) is 5.73 Å². The highest BCUT2D eigenvalue weighted by Crippen LogP contribution is 2.35. The van der Waals surface area contributed by atoms with Gasteiger partial charge in [-0.3, -0.25) is 9.59 Å². The average molecular weight is 317 g/mol. The molecule has 0 radical (unpaired) electrons. The number of hydrogen-bond donors (Lipinski definition) is 3. The molecule has 1 atom stereocenters. The number of hydrogen-bond acceptors (Lipinski definition) is 5. The molecule has 1 rings (SSSR count). The second-order valence-electron chi connectivity index (χ2n) is 4.22. The van der Waals surface area contributed by atoms with E-state index in [1.807, 2.05) is 0 Å². The normalized spacial score (nSPS) is 11.6. The largest absolute Gasteiger partial charge is 0.495 e. The zero-order valence-electron chi connectivity index (χ0n) is 11.7. The molecule has 1 aromatic carbocycles. The Labute approximate surface area is 127 Å². The molecule has 0 saturated heterocycles. The van der Waals surface area contributed by atoms with Gasteiger partial charge in [-0.2, -0.15) is 0 Å². The molecule has 0 heterocycles. The summed E-state index contributed by atoms with van der Waals surface area (Å²) in [6, 6.07) is 2.06.